The zero-order valence-electron chi connectivity index (χ0n) is 9.75. The molecule has 0 aromatic rings. The van der Waals surface area contributed by atoms with Crippen LogP contribution < -0.4 is 5.73 Å². The summed E-state index contributed by atoms with van der Waals surface area (Å²) in [6, 6.07) is -0.0266. The summed E-state index contributed by atoms with van der Waals surface area (Å²) >= 11 is 0. The largest absolute Gasteiger partial charge is 0.393 e. The van der Waals surface area contributed by atoms with Crippen molar-refractivity contribution in [3.8, 4) is 0 Å². The monoisotopic (exact) mass is 252 g/mol. The van der Waals surface area contributed by atoms with Crippen LogP contribution in [0.15, 0.2) is 0 Å². The Balaban J connectivity index is 1.85. The average molecular weight is 252 g/mol. The van der Waals surface area contributed by atoms with Crippen LogP contribution in [0.1, 0.15) is 12.8 Å². The molecule has 2 N–H and O–H groups in total. The molecule has 0 aliphatic carbocycles. The van der Waals surface area contributed by atoms with Crippen molar-refractivity contribution in [2.75, 3.05) is 32.8 Å². The van der Waals surface area contributed by atoms with Crippen LogP contribution in [0, 0.1) is 11.8 Å². The summed E-state index contributed by atoms with van der Waals surface area (Å²) in [6.45, 7) is 2.60. The van der Waals surface area contributed by atoms with Gasteiger partial charge in [-0.2, -0.15) is 13.2 Å². The average Bonchev–Trinajstić information content (AvgIpc) is 2.64. The quantitative estimate of drug-likeness (QED) is 0.803. The Bertz CT molecular complexity index is 258. The van der Waals surface area contributed by atoms with E-state index >= 15 is 0 Å². The number of nitrogens with two attached hydrogens (primary N) is 1. The highest BCUT2D eigenvalue weighted by Crippen LogP contribution is 2.33. The van der Waals surface area contributed by atoms with Crippen molar-refractivity contribution in [3.05, 3.63) is 0 Å². The van der Waals surface area contributed by atoms with Crippen LogP contribution in [0.2, 0.25) is 0 Å². The lowest BCUT2D eigenvalue weighted by molar-refractivity contribution is -0.187. The third-order valence-corrected chi connectivity index (χ3v) is 3.71. The van der Waals surface area contributed by atoms with Crippen molar-refractivity contribution in [1.29, 1.82) is 0 Å². The topological polar surface area (TPSA) is 38.5 Å². The summed E-state index contributed by atoms with van der Waals surface area (Å²) in [5.74, 6) is -0.989. The van der Waals surface area contributed by atoms with Crippen molar-refractivity contribution >= 4 is 0 Å². The molecule has 0 aromatic heterocycles. The fraction of sp³-hybridized carbons (Fsp3) is 1.00. The zero-order chi connectivity index (χ0) is 12.5. The van der Waals surface area contributed by atoms with Gasteiger partial charge >= 0.3 is 6.18 Å². The maximum atomic E-state index is 12.6. The number of alkyl halides is 3. The highest BCUT2D eigenvalue weighted by Gasteiger charge is 2.42. The van der Waals surface area contributed by atoms with E-state index in [1.54, 1.807) is 0 Å². The third kappa shape index (κ3) is 3.33. The van der Waals surface area contributed by atoms with Gasteiger partial charge in [0.05, 0.1) is 19.1 Å². The van der Waals surface area contributed by atoms with E-state index in [-0.39, 0.29) is 24.9 Å². The molecule has 0 aromatic carbocycles. The third-order valence-electron chi connectivity index (χ3n) is 3.71. The molecule has 0 radical (unpaired) electrons. The van der Waals surface area contributed by atoms with Crippen LogP contribution in [0.3, 0.4) is 0 Å². The van der Waals surface area contributed by atoms with Gasteiger partial charge in [-0.1, -0.05) is 0 Å². The molecule has 6 heteroatoms. The summed E-state index contributed by atoms with van der Waals surface area (Å²) in [4.78, 5) is 1.89. The molecule has 3 atom stereocenters. The molecule has 100 valence electrons. The molecular formula is C11H19F3N2O. The molecule has 2 aliphatic heterocycles. The van der Waals surface area contributed by atoms with Crippen molar-refractivity contribution in [2.45, 2.75) is 25.1 Å². The van der Waals surface area contributed by atoms with Crippen LogP contribution in [-0.4, -0.2) is 50.0 Å². The van der Waals surface area contributed by atoms with E-state index in [1.165, 1.54) is 0 Å². The Kier molecular flexibility index (Phi) is 3.95. The molecule has 17 heavy (non-hydrogen) atoms. The molecule has 0 spiro atoms. The van der Waals surface area contributed by atoms with Gasteiger partial charge in [-0.15, -0.1) is 0 Å². The zero-order valence-corrected chi connectivity index (χ0v) is 9.75. The number of hydrogen-bond acceptors (Lipinski definition) is 3. The first kappa shape index (κ1) is 13.1. The maximum Gasteiger partial charge on any atom is 0.393 e. The van der Waals surface area contributed by atoms with E-state index < -0.39 is 12.1 Å². The lowest BCUT2D eigenvalue weighted by atomic mass is 9.95. The van der Waals surface area contributed by atoms with Gasteiger partial charge in [0.15, 0.2) is 0 Å². The number of hydrogen-bond donors (Lipinski definition) is 1. The minimum absolute atomic E-state index is 0.0266. The second kappa shape index (κ2) is 5.12. The smallest absolute Gasteiger partial charge is 0.379 e. The van der Waals surface area contributed by atoms with Gasteiger partial charge in [0.1, 0.15) is 0 Å². The highest BCUT2D eigenvalue weighted by molar-refractivity contribution is 4.84. The van der Waals surface area contributed by atoms with E-state index in [2.05, 4.69) is 0 Å². The number of ether oxygens (including phenoxy) is 1. The van der Waals surface area contributed by atoms with Gasteiger partial charge in [0.2, 0.25) is 0 Å². The van der Waals surface area contributed by atoms with Crippen molar-refractivity contribution in [1.82, 2.24) is 4.90 Å². The van der Waals surface area contributed by atoms with Crippen LogP contribution in [-0.2, 0) is 4.74 Å². The standard InChI is InChI=1S/C11H19F3N2O/c12-11(13,14)9-2-1-3-16(5-9)4-8-6-17-7-10(8)15/h8-10H,1-7,15H2. The van der Waals surface area contributed by atoms with Crippen LogP contribution >= 0.6 is 0 Å². The maximum absolute atomic E-state index is 12.6. The van der Waals surface area contributed by atoms with Gasteiger partial charge in [-0.25, -0.2) is 0 Å². The SMILES string of the molecule is NC1COCC1CN1CCCC(C(F)(F)F)C1. The second-order valence-corrected chi connectivity index (χ2v) is 5.10. The second-order valence-electron chi connectivity index (χ2n) is 5.10. The number of halogens is 3. The first-order valence-corrected chi connectivity index (χ1v) is 6.09. The summed E-state index contributed by atoms with van der Waals surface area (Å²) in [7, 11) is 0. The Hall–Kier alpha value is -0.330. The molecule has 0 bridgehead atoms. The van der Waals surface area contributed by atoms with E-state index in [1.807, 2.05) is 4.90 Å². The van der Waals surface area contributed by atoms with Gasteiger partial charge in [0, 0.05) is 25.0 Å². The van der Waals surface area contributed by atoms with Crippen molar-refractivity contribution in [2.24, 2.45) is 17.6 Å². The minimum Gasteiger partial charge on any atom is -0.379 e. The molecule has 2 fully saturated rings. The summed E-state index contributed by atoms with van der Waals surface area (Å²) in [5, 5.41) is 0. The van der Waals surface area contributed by atoms with E-state index in [0.29, 0.717) is 26.2 Å². The molecule has 2 saturated heterocycles. The number of likely N-dealkylation sites (tertiary alicyclic amines) is 1. The molecule has 3 unspecified atom stereocenters. The number of piperidine rings is 1. The first-order chi connectivity index (χ1) is 7.97. The van der Waals surface area contributed by atoms with E-state index in [4.69, 9.17) is 10.5 Å². The highest BCUT2D eigenvalue weighted by atomic mass is 19.4. The molecule has 2 aliphatic rings. The summed E-state index contributed by atoms with van der Waals surface area (Å²) in [6.07, 6.45) is -3.19. The normalized spacial score (nSPS) is 36.4. The fourth-order valence-corrected chi connectivity index (χ4v) is 2.62. The molecule has 0 amide bonds. The number of rotatable bonds is 2. The van der Waals surface area contributed by atoms with Gasteiger partial charge in [-0.05, 0) is 19.4 Å². The predicted octanol–water partition coefficient (Wildman–Crippen LogP) is 1.23. The van der Waals surface area contributed by atoms with Gasteiger partial charge < -0.3 is 15.4 Å². The molecular weight excluding hydrogens is 233 g/mol. The lowest BCUT2D eigenvalue weighted by Gasteiger charge is -2.35. The molecule has 3 nitrogen and oxygen atoms in total. The molecule has 2 heterocycles. The fourth-order valence-electron chi connectivity index (χ4n) is 2.62. The van der Waals surface area contributed by atoms with Crippen LogP contribution in [0.25, 0.3) is 0 Å². The van der Waals surface area contributed by atoms with E-state index in [0.717, 1.165) is 6.54 Å². The minimum atomic E-state index is -4.06. The molecule has 0 saturated carbocycles. The predicted molar refractivity (Wildman–Crippen MR) is 57.5 cm³/mol. The number of nitrogens with zero attached hydrogens (tertiary/aromatic N) is 1. The van der Waals surface area contributed by atoms with Crippen molar-refractivity contribution < 1.29 is 17.9 Å². The molecule has 2 rings (SSSR count). The van der Waals surface area contributed by atoms with Crippen molar-refractivity contribution in [3.63, 3.8) is 0 Å². The lowest BCUT2D eigenvalue weighted by Crippen LogP contribution is -2.46. The Morgan fingerprint density at radius 3 is 2.65 bits per heavy atom. The first-order valence-electron chi connectivity index (χ1n) is 6.09. The van der Waals surface area contributed by atoms with E-state index in [9.17, 15) is 13.2 Å². The Labute approximate surface area is 99.1 Å². The Morgan fingerprint density at radius 1 is 1.29 bits per heavy atom. The summed E-state index contributed by atoms with van der Waals surface area (Å²) in [5.41, 5.74) is 5.84. The summed E-state index contributed by atoms with van der Waals surface area (Å²) < 4.78 is 43.1. The van der Waals surface area contributed by atoms with Crippen LogP contribution in [0.5, 0.6) is 0 Å². The Morgan fingerprint density at radius 2 is 2.06 bits per heavy atom. The van der Waals surface area contributed by atoms with Gasteiger partial charge in [0.25, 0.3) is 0 Å². The van der Waals surface area contributed by atoms with Crippen LogP contribution in [0.4, 0.5) is 13.2 Å². The van der Waals surface area contributed by atoms with Gasteiger partial charge in [-0.3, -0.25) is 0 Å².